The van der Waals surface area contributed by atoms with Gasteiger partial charge in [-0.05, 0) is 44.0 Å². The fraction of sp³-hybridized carbons (Fsp3) is 0.526. The number of nitrogens with one attached hydrogen (secondary N) is 1. The first-order chi connectivity index (χ1) is 11.6. The largest absolute Gasteiger partial charge is 0.387 e. The molecule has 0 saturated carbocycles. The van der Waals surface area contributed by atoms with Crippen molar-refractivity contribution in [3.05, 3.63) is 36.0 Å². The molecule has 2 fully saturated rings. The minimum atomic E-state index is -0.736. The van der Waals surface area contributed by atoms with Crippen LogP contribution in [0.2, 0.25) is 0 Å². The van der Waals surface area contributed by atoms with Gasteiger partial charge in [-0.25, -0.2) is 0 Å². The van der Waals surface area contributed by atoms with Crippen LogP contribution in [-0.4, -0.2) is 64.1 Å². The minimum Gasteiger partial charge on any atom is -0.387 e. The van der Waals surface area contributed by atoms with E-state index in [1.54, 1.807) is 0 Å². The third kappa shape index (κ3) is 3.06. The molecule has 2 aromatic rings. The number of hydrogen-bond donors (Lipinski definition) is 2. The van der Waals surface area contributed by atoms with Gasteiger partial charge in [0.25, 0.3) is 0 Å². The van der Waals surface area contributed by atoms with E-state index in [-0.39, 0.29) is 5.91 Å². The number of aromatic amines is 1. The predicted molar refractivity (Wildman–Crippen MR) is 93.8 cm³/mol. The zero-order valence-electron chi connectivity index (χ0n) is 14.0. The Morgan fingerprint density at radius 1 is 1.21 bits per heavy atom. The number of H-pyrrole nitrogens is 1. The molecule has 0 bridgehead atoms. The van der Waals surface area contributed by atoms with Crippen LogP contribution in [0.3, 0.4) is 0 Å². The van der Waals surface area contributed by atoms with E-state index in [0.717, 1.165) is 29.6 Å². The second-order valence-electron chi connectivity index (χ2n) is 7.31. The quantitative estimate of drug-likeness (QED) is 0.900. The zero-order valence-corrected chi connectivity index (χ0v) is 14.0. The molecule has 3 heterocycles. The maximum Gasteiger partial charge on any atom is 0.227 e. The summed E-state index contributed by atoms with van der Waals surface area (Å²) in [5.41, 5.74) is 1.36. The number of likely N-dealkylation sites (tertiary alicyclic amines) is 2. The van der Waals surface area contributed by atoms with Gasteiger partial charge in [-0.15, -0.1) is 0 Å². The second-order valence-corrected chi connectivity index (χ2v) is 7.31. The molecule has 2 N–H and O–H groups in total. The first-order valence-electron chi connectivity index (χ1n) is 8.90. The number of para-hydroxylation sites is 1. The summed E-state index contributed by atoms with van der Waals surface area (Å²) < 4.78 is 0. The highest BCUT2D eigenvalue weighted by Gasteiger charge is 2.39. The van der Waals surface area contributed by atoms with Gasteiger partial charge in [-0.1, -0.05) is 18.2 Å². The fourth-order valence-electron chi connectivity index (χ4n) is 4.11. The van der Waals surface area contributed by atoms with E-state index in [0.29, 0.717) is 32.5 Å². The molecular weight excluding hydrogens is 302 g/mol. The number of carbonyl (C=O) groups is 1. The van der Waals surface area contributed by atoms with Gasteiger partial charge in [0, 0.05) is 30.2 Å². The molecule has 0 aliphatic carbocycles. The molecule has 1 aromatic heterocycles. The Hall–Kier alpha value is -1.85. The van der Waals surface area contributed by atoms with E-state index >= 15 is 0 Å². The Bertz CT molecular complexity index is 735. The molecule has 0 spiro atoms. The van der Waals surface area contributed by atoms with Crippen molar-refractivity contribution in [3.63, 3.8) is 0 Å². The smallest absolute Gasteiger partial charge is 0.227 e. The second kappa shape index (κ2) is 6.22. The third-order valence-corrected chi connectivity index (χ3v) is 5.42. The van der Waals surface area contributed by atoms with Crippen LogP contribution >= 0.6 is 0 Å². The predicted octanol–water partition coefficient (Wildman–Crippen LogP) is 1.77. The topological polar surface area (TPSA) is 59.6 Å². The number of fused-ring (bicyclic) bond motifs is 1. The van der Waals surface area contributed by atoms with Gasteiger partial charge >= 0.3 is 0 Å². The van der Waals surface area contributed by atoms with Crippen LogP contribution < -0.4 is 0 Å². The molecular formula is C19H25N3O2. The normalized spacial score (nSPS) is 25.0. The maximum atomic E-state index is 12.7. The molecule has 2 aliphatic heterocycles. The van der Waals surface area contributed by atoms with Crippen LogP contribution in [0.5, 0.6) is 0 Å². The number of nitrogens with zero attached hydrogens (tertiary/aromatic N) is 2. The Labute approximate surface area is 142 Å². The summed E-state index contributed by atoms with van der Waals surface area (Å²) in [6.07, 6.45) is 5.45. The molecule has 1 atom stereocenters. The number of rotatable bonds is 4. The van der Waals surface area contributed by atoms with Gasteiger partial charge < -0.3 is 19.9 Å². The first-order valence-corrected chi connectivity index (χ1v) is 8.90. The molecule has 128 valence electrons. The van der Waals surface area contributed by atoms with Crippen LogP contribution in [0.1, 0.15) is 24.8 Å². The van der Waals surface area contributed by atoms with Gasteiger partial charge in [0.2, 0.25) is 5.91 Å². The average Bonchev–Trinajstić information content (AvgIpc) is 3.29. The highest BCUT2D eigenvalue weighted by molar-refractivity contribution is 5.89. The number of aliphatic hydroxyl groups is 1. The molecule has 5 nitrogen and oxygen atoms in total. The lowest BCUT2D eigenvalue weighted by molar-refractivity contribution is -0.130. The van der Waals surface area contributed by atoms with Crippen LogP contribution in [0.4, 0.5) is 0 Å². The Balaban J connectivity index is 1.40. The van der Waals surface area contributed by atoms with Gasteiger partial charge in [0.1, 0.15) is 0 Å². The van der Waals surface area contributed by atoms with E-state index in [2.05, 4.69) is 9.88 Å². The van der Waals surface area contributed by atoms with Gasteiger partial charge in [0.05, 0.1) is 18.6 Å². The number of hydrogen-bond acceptors (Lipinski definition) is 3. The van der Waals surface area contributed by atoms with E-state index in [9.17, 15) is 9.90 Å². The van der Waals surface area contributed by atoms with Crippen molar-refractivity contribution in [1.29, 1.82) is 0 Å². The monoisotopic (exact) mass is 327 g/mol. The molecule has 5 heteroatoms. The van der Waals surface area contributed by atoms with Crippen LogP contribution in [0.15, 0.2) is 30.5 Å². The average molecular weight is 327 g/mol. The van der Waals surface area contributed by atoms with Crippen molar-refractivity contribution in [2.45, 2.75) is 31.3 Å². The molecule has 1 amide bonds. The van der Waals surface area contributed by atoms with Crippen molar-refractivity contribution in [2.75, 3.05) is 32.7 Å². The van der Waals surface area contributed by atoms with Crippen molar-refractivity contribution in [2.24, 2.45) is 0 Å². The van der Waals surface area contributed by atoms with E-state index in [1.807, 2.05) is 35.4 Å². The lowest BCUT2D eigenvalue weighted by atomic mass is 10.0. The molecule has 4 rings (SSSR count). The van der Waals surface area contributed by atoms with Gasteiger partial charge in [0.15, 0.2) is 0 Å². The zero-order chi connectivity index (χ0) is 16.6. The standard InChI is InChI=1S/C19H25N3O2/c23-18(11-15-12-20-17-6-2-1-5-16(15)17)22-10-7-19(24,14-22)13-21-8-3-4-9-21/h1-2,5-6,12,20,24H,3-4,7-11,13-14H2/t19-/m1/s1. The SMILES string of the molecule is O=C(Cc1c[nH]c2ccccc12)N1CC[C@@](O)(CN2CCCC2)C1. The molecule has 24 heavy (non-hydrogen) atoms. The summed E-state index contributed by atoms with van der Waals surface area (Å²) in [6, 6.07) is 8.05. The Morgan fingerprint density at radius 3 is 2.83 bits per heavy atom. The summed E-state index contributed by atoms with van der Waals surface area (Å²) in [7, 11) is 0. The summed E-state index contributed by atoms with van der Waals surface area (Å²) in [4.78, 5) is 20.0. The molecule has 2 saturated heterocycles. The number of carbonyl (C=O) groups excluding carboxylic acids is 1. The number of aromatic nitrogens is 1. The van der Waals surface area contributed by atoms with Gasteiger partial charge in [-0.2, -0.15) is 0 Å². The first kappa shape index (κ1) is 15.7. The molecule has 0 unspecified atom stereocenters. The van der Waals surface area contributed by atoms with Crippen molar-refractivity contribution in [3.8, 4) is 0 Å². The highest BCUT2D eigenvalue weighted by Crippen LogP contribution is 2.26. The Morgan fingerprint density at radius 2 is 2.00 bits per heavy atom. The molecule has 0 radical (unpaired) electrons. The van der Waals surface area contributed by atoms with Crippen LogP contribution in [0, 0.1) is 0 Å². The summed E-state index contributed by atoms with van der Waals surface area (Å²) >= 11 is 0. The number of benzene rings is 1. The maximum absolute atomic E-state index is 12.7. The van der Waals surface area contributed by atoms with Crippen molar-refractivity contribution < 1.29 is 9.90 Å². The third-order valence-electron chi connectivity index (χ3n) is 5.42. The molecule has 1 aromatic carbocycles. The van der Waals surface area contributed by atoms with E-state index in [4.69, 9.17) is 0 Å². The van der Waals surface area contributed by atoms with Crippen LogP contribution in [0.25, 0.3) is 10.9 Å². The summed E-state index contributed by atoms with van der Waals surface area (Å²) in [6.45, 7) is 3.97. The summed E-state index contributed by atoms with van der Waals surface area (Å²) in [5, 5.41) is 11.9. The van der Waals surface area contributed by atoms with E-state index in [1.165, 1.54) is 12.8 Å². The highest BCUT2D eigenvalue weighted by atomic mass is 16.3. The fourth-order valence-corrected chi connectivity index (χ4v) is 4.11. The van der Waals surface area contributed by atoms with Crippen molar-refractivity contribution in [1.82, 2.24) is 14.8 Å². The van der Waals surface area contributed by atoms with Gasteiger partial charge in [-0.3, -0.25) is 4.79 Å². The Kier molecular flexibility index (Phi) is 4.06. The number of β-amino-alcohol motifs (C(OH)–C–C–N with tert-alkyl or cyclic N) is 1. The van der Waals surface area contributed by atoms with E-state index < -0.39 is 5.60 Å². The number of amides is 1. The summed E-state index contributed by atoms with van der Waals surface area (Å²) in [5.74, 6) is 0.108. The van der Waals surface area contributed by atoms with Crippen LogP contribution in [-0.2, 0) is 11.2 Å². The lowest BCUT2D eigenvalue weighted by Crippen LogP contribution is -2.45. The molecule has 2 aliphatic rings. The van der Waals surface area contributed by atoms with Crippen molar-refractivity contribution >= 4 is 16.8 Å². The minimum absolute atomic E-state index is 0.108. The lowest BCUT2D eigenvalue weighted by Gasteiger charge is -2.28.